The van der Waals surface area contributed by atoms with Crippen molar-refractivity contribution in [3.05, 3.63) is 38.4 Å². The summed E-state index contributed by atoms with van der Waals surface area (Å²) in [7, 11) is 1.93. The number of nitrogens with zero attached hydrogens (tertiary/aromatic N) is 2. The van der Waals surface area contributed by atoms with Crippen LogP contribution in [-0.2, 0) is 13.5 Å². The maximum absolute atomic E-state index is 6.19. The van der Waals surface area contributed by atoms with E-state index >= 15 is 0 Å². The summed E-state index contributed by atoms with van der Waals surface area (Å²) in [5.41, 5.74) is 2.88. The van der Waals surface area contributed by atoms with Gasteiger partial charge in [-0.3, -0.25) is 4.68 Å². The van der Waals surface area contributed by atoms with Gasteiger partial charge >= 0.3 is 0 Å². The lowest BCUT2D eigenvalue weighted by Crippen LogP contribution is -1.96. The summed E-state index contributed by atoms with van der Waals surface area (Å²) in [4.78, 5) is 0. The Morgan fingerprint density at radius 3 is 2.59 bits per heavy atom. The van der Waals surface area contributed by atoms with Crippen LogP contribution in [-0.4, -0.2) is 9.78 Å². The Kier molecular flexibility index (Phi) is 3.81. The van der Waals surface area contributed by atoms with Gasteiger partial charge in [0, 0.05) is 17.6 Å². The van der Waals surface area contributed by atoms with E-state index in [0.717, 1.165) is 27.8 Å². The zero-order valence-electron chi connectivity index (χ0n) is 9.47. The molecule has 5 heteroatoms. The first kappa shape index (κ1) is 12.9. The maximum atomic E-state index is 6.19. The Morgan fingerprint density at radius 2 is 2.06 bits per heavy atom. The topological polar surface area (TPSA) is 17.8 Å². The quantitative estimate of drug-likeness (QED) is 0.777. The minimum absolute atomic E-state index is 0.610. The van der Waals surface area contributed by atoms with Crippen molar-refractivity contribution in [2.24, 2.45) is 7.05 Å². The lowest BCUT2D eigenvalue weighted by Gasteiger charge is -2.02. The lowest BCUT2D eigenvalue weighted by atomic mass is 10.1. The Bertz CT molecular complexity index is 564. The van der Waals surface area contributed by atoms with Crippen LogP contribution >= 0.6 is 39.1 Å². The third-order valence-electron chi connectivity index (χ3n) is 2.62. The SMILES string of the molecule is CCc1c(Br)c(-c2ccc(Cl)cc2Cl)nn1C. The second kappa shape index (κ2) is 5.01. The summed E-state index contributed by atoms with van der Waals surface area (Å²) >= 11 is 15.6. The van der Waals surface area contributed by atoms with Gasteiger partial charge in [-0.1, -0.05) is 30.1 Å². The number of benzene rings is 1. The van der Waals surface area contributed by atoms with Crippen LogP contribution in [0.1, 0.15) is 12.6 Å². The highest BCUT2D eigenvalue weighted by molar-refractivity contribution is 9.10. The maximum Gasteiger partial charge on any atom is 0.108 e. The fourth-order valence-corrected chi connectivity index (χ4v) is 3.10. The molecule has 0 saturated heterocycles. The van der Waals surface area contributed by atoms with E-state index in [1.54, 1.807) is 6.07 Å². The largest absolute Gasteiger partial charge is 0.271 e. The van der Waals surface area contributed by atoms with Gasteiger partial charge in [-0.05, 0) is 40.5 Å². The van der Waals surface area contributed by atoms with Gasteiger partial charge in [-0.2, -0.15) is 5.10 Å². The fraction of sp³-hybridized carbons (Fsp3) is 0.250. The summed E-state index contributed by atoms with van der Waals surface area (Å²) in [5, 5.41) is 5.72. The molecule has 0 bridgehead atoms. The van der Waals surface area contributed by atoms with Crippen LogP contribution in [0.25, 0.3) is 11.3 Å². The average molecular weight is 334 g/mol. The minimum Gasteiger partial charge on any atom is -0.271 e. The molecule has 1 aromatic heterocycles. The third-order valence-corrected chi connectivity index (χ3v) is 4.00. The molecule has 0 fully saturated rings. The minimum atomic E-state index is 0.610. The molecular formula is C12H11BrCl2N2. The summed E-state index contributed by atoms with van der Waals surface area (Å²) in [6, 6.07) is 5.43. The molecule has 0 aliphatic heterocycles. The first-order valence-electron chi connectivity index (χ1n) is 5.21. The molecule has 1 aromatic carbocycles. The number of aromatic nitrogens is 2. The molecule has 0 saturated carbocycles. The van der Waals surface area contributed by atoms with E-state index in [0.29, 0.717) is 10.0 Å². The van der Waals surface area contributed by atoms with Crippen LogP contribution < -0.4 is 0 Å². The monoisotopic (exact) mass is 332 g/mol. The number of halogens is 3. The third kappa shape index (κ3) is 2.37. The second-order valence-corrected chi connectivity index (χ2v) is 5.35. The van der Waals surface area contributed by atoms with Crippen molar-refractivity contribution in [2.75, 3.05) is 0 Å². The Labute approximate surface area is 119 Å². The van der Waals surface area contributed by atoms with Crippen LogP contribution in [0, 0.1) is 0 Å². The molecule has 2 nitrogen and oxygen atoms in total. The van der Waals surface area contributed by atoms with E-state index in [1.807, 2.05) is 23.9 Å². The predicted molar refractivity (Wildman–Crippen MR) is 75.7 cm³/mol. The van der Waals surface area contributed by atoms with Crippen LogP contribution in [0.15, 0.2) is 22.7 Å². The first-order valence-corrected chi connectivity index (χ1v) is 6.76. The molecule has 2 rings (SSSR count). The summed E-state index contributed by atoms with van der Waals surface area (Å²) < 4.78 is 2.86. The normalized spacial score (nSPS) is 10.9. The van der Waals surface area contributed by atoms with Gasteiger partial charge < -0.3 is 0 Å². The molecule has 0 radical (unpaired) electrons. The highest BCUT2D eigenvalue weighted by Crippen LogP contribution is 2.35. The average Bonchev–Trinajstić information content (AvgIpc) is 2.54. The van der Waals surface area contributed by atoms with Crippen LogP contribution in [0.2, 0.25) is 10.0 Å². The highest BCUT2D eigenvalue weighted by atomic mass is 79.9. The summed E-state index contributed by atoms with van der Waals surface area (Å²) in [5.74, 6) is 0. The number of aryl methyl sites for hydroxylation is 1. The van der Waals surface area contributed by atoms with E-state index < -0.39 is 0 Å². The Morgan fingerprint density at radius 1 is 1.35 bits per heavy atom. The van der Waals surface area contributed by atoms with E-state index in [2.05, 4.69) is 28.0 Å². The standard InChI is InChI=1S/C12H11BrCl2N2/c1-3-10-11(13)12(16-17(10)2)8-5-4-7(14)6-9(8)15/h4-6H,3H2,1-2H3. The van der Waals surface area contributed by atoms with Crippen LogP contribution in [0.4, 0.5) is 0 Å². The Hall–Kier alpha value is -0.510. The summed E-state index contributed by atoms with van der Waals surface area (Å²) in [6.45, 7) is 2.09. The van der Waals surface area contributed by atoms with Gasteiger partial charge in [0.25, 0.3) is 0 Å². The number of hydrogen-bond donors (Lipinski definition) is 0. The van der Waals surface area contributed by atoms with E-state index in [4.69, 9.17) is 23.2 Å². The number of rotatable bonds is 2. The molecule has 1 heterocycles. The molecule has 17 heavy (non-hydrogen) atoms. The second-order valence-electron chi connectivity index (χ2n) is 3.71. The van der Waals surface area contributed by atoms with Crippen LogP contribution in [0.5, 0.6) is 0 Å². The summed E-state index contributed by atoms with van der Waals surface area (Å²) in [6.07, 6.45) is 0.912. The van der Waals surface area contributed by atoms with E-state index in [1.165, 1.54) is 0 Å². The molecule has 90 valence electrons. The fourth-order valence-electron chi connectivity index (χ4n) is 1.77. The number of hydrogen-bond acceptors (Lipinski definition) is 1. The van der Waals surface area contributed by atoms with Crippen molar-refractivity contribution >= 4 is 39.1 Å². The molecule has 0 aliphatic carbocycles. The molecule has 0 aliphatic rings. The van der Waals surface area contributed by atoms with Crippen molar-refractivity contribution < 1.29 is 0 Å². The molecule has 0 N–H and O–H groups in total. The first-order chi connectivity index (χ1) is 8.04. The van der Waals surface area contributed by atoms with Crippen molar-refractivity contribution in [1.82, 2.24) is 9.78 Å². The van der Waals surface area contributed by atoms with Crippen molar-refractivity contribution in [2.45, 2.75) is 13.3 Å². The molecule has 0 amide bonds. The van der Waals surface area contributed by atoms with Gasteiger partial charge in [-0.15, -0.1) is 0 Å². The van der Waals surface area contributed by atoms with E-state index in [-0.39, 0.29) is 0 Å². The smallest absolute Gasteiger partial charge is 0.108 e. The molecule has 2 aromatic rings. The van der Waals surface area contributed by atoms with Gasteiger partial charge in [0.2, 0.25) is 0 Å². The van der Waals surface area contributed by atoms with E-state index in [9.17, 15) is 0 Å². The molecule has 0 spiro atoms. The van der Waals surface area contributed by atoms with Crippen molar-refractivity contribution in [3.8, 4) is 11.3 Å². The Balaban J connectivity index is 2.61. The zero-order valence-corrected chi connectivity index (χ0v) is 12.6. The van der Waals surface area contributed by atoms with Crippen LogP contribution in [0.3, 0.4) is 0 Å². The lowest BCUT2D eigenvalue weighted by molar-refractivity contribution is 0.719. The molecule has 0 atom stereocenters. The van der Waals surface area contributed by atoms with Gasteiger partial charge in [-0.25, -0.2) is 0 Å². The highest BCUT2D eigenvalue weighted by Gasteiger charge is 2.16. The predicted octanol–water partition coefficient (Wildman–Crippen LogP) is 4.72. The molecule has 0 unspecified atom stereocenters. The molecular weight excluding hydrogens is 323 g/mol. The van der Waals surface area contributed by atoms with Gasteiger partial charge in [0.1, 0.15) is 5.69 Å². The van der Waals surface area contributed by atoms with Crippen molar-refractivity contribution in [3.63, 3.8) is 0 Å². The van der Waals surface area contributed by atoms with Gasteiger partial charge in [0.05, 0.1) is 15.2 Å². The zero-order chi connectivity index (χ0) is 12.6. The van der Waals surface area contributed by atoms with Crippen molar-refractivity contribution in [1.29, 1.82) is 0 Å². The van der Waals surface area contributed by atoms with Gasteiger partial charge in [0.15, 0.2) is 0 Å².